The van der Waals surface area contributed by atoms with E-state index in [1.807, 2.05) is 0 Å². The molecule has 0 radical (unpaired) electrons. The molecule has 2 amide bonds. The van der Waals surface area contributed by atoms with Crippen LogP contribution in [0, 0.1) is 11.8 Å². The summed E-state index contributed by atoms with van der Waals surface area (Å²) in [5.41, 5.74) is 0. The van der Waals surface area contributed by atoms with Gasteiger partial charge in [-0.2, -0.15) is 0 Å². The first-order valence-corrected chi connectivity index (χ1v) is 6.77. The molecule has 0 unspecified atom stereocenters. The fourth-order valence-electron chi connectivity index (χ4n) is 2.20. The number of amides is 2. The summed E-state index contributed by atoms with van der Waals surface area (Å²) >= 11 is 0. The molecule has 100 valence electrons. The summed E-state index contributed by atoms with van der Waals surface area (Å²) in [6.45, 7) is 5.33. The minimum atomic E-state index is -0.0434. The maximum absolute atomic E-state index is 11.6. The van der Waals surface area contributed by atoms with Crippen molar-refractivity contribution in [2.75, 3.05) is 13.2 Å². The molecule has 0 atom stereocenters. The lowest BCUT2D eigenvalue weighted by Gasteiger charge is -2.28. The summed E-state index contributed by atoms with van der Waals surface area (Å²) in [4.78, 5) is 11.6. The Morgan fingerprint density at radius 2 is 1.94 bits per heavy atom. The average molecular weight is 242 g/mol. The number of urea groups is 1. The highest BCUT2D eigenvalue weighted by molar-refractivity contribution is 5.74. The lowest BCUT2D eigenvalue weighted by atomic mass is 9.87. The molecule has 0 spiro atoms. The standard InChI is InChI=1S/C13H26N2O2/c1-10(2)7-8-14-13(17)15-12-5-3-11(9-16)4-6-12/h10-12,16H,3-9H2,1-2H3,(H2,14,15,17). The zero-order chi connectivity index (χ0) is 12.7. The number of aliphatic hydroxyl groups is 1. The van der Waals surface area contributed by atoms with E-state index in [0.717, 1.165) is 38.6 Å². The van der Waals surface area contributed by atoms with Gasteiger partial charge in [-0.3, -0.25) is 0 Å². The largest absolute Gasteiger partial charge is 0.396 e. The van der Waals surface area contributed by atoms with Gasteiger partial charge < -0.3 is 15.7 Å². The molecule has 0 aliphatic heterocycles. The minimum Gasteiger partial charge on any atom is -0.396 e. The van der Waals surface area contributed by atoms with Crippen LogP contribution in [-0.4, -0.2) is 30.3 Å². The van der Waals surface area contributed by atoms with Gasteiger partial charge in [0, 0.05) is 19.2 Å². The second kappa shape index (κ2) is 7.54. The maximum atomic E-state index is 11.6. The third-order valence-electron chi connectivity index (χ3n) is 3.45. The quantitative estimate of drug-likeness (QED) is 0.689. The highest BCUT2D eigenvalue weighted by Gasteiger charge is 2.21. The van der Waals surface area contributed by atoms with Crippen molar-refractivity contribution in [2.45, 2.75) is 52.0 Å². The van der Waals surface area contributed by atoms with E-state index in [1.54, 1.807) is 0 Å². The second-order valence-electron chi connectivity index (χ2n) is 5.48. The number of carbonyl (C=O) groups excluding carboxylic acids is 1. The maximum Gasteiger partial charge on any atom is 0.315 e. The molecule has 3 N–H and O–H groups in total. The molecule has 0 aromatic rings. The Labute approximate surface area is 104 Å². The first kappa shape index (κ1) is 14.3. The van der Waals surface area contributed by atoms with Crippen molar-refractivity contribution in [1.29, 1.82) is 0 Å². The molecular weight excluding hydrogens is 216 g/mol. The van der Waals surface area contributed by atoms with Gasteiger partial charge in [-0.05, 0) is 43.9 Å². The van der Waals surface area contributed by atoms with E-state index in [4.69, 9.17) is 5.11 Å². The van der Waals surface area contributed by atoms with Gasteiger partial charge in [-0.1, -0.05) is 13.8 Å². The van der Waals surface area contributed by atoms with E-state index < -0.39 is 0 Å². The summed E-state index contributed by atoms with van der Waals surface area (Å²) in [5, 5.41) is 14.9. The van der Waals surface area contributed by atoms with Crippen molar-refractivity contribution >= 4 is 6.03 Å². The first-order valence-electron chi connectivity index (χ1n) is 6.77. The van der Waals surface area contributed by atoms with Gasteiger partial charge in [-0.15, -0.1) is 0 Å². The molecule has 0 heterocycles. The van der Waals surface area contributed by atoms with Crippen molar-refractivity contribution in [3.63, 3.8) is 0 Å². The molecule has 4 heteroatoms. The van der Waals surface area contributed by atoms with Crippen LogP contribution in [0.2, 0.25) is 0 Å². The molecule has 0 aromatic heterocycles. The van der Waals surface area contributed by atoms with Crippen LogP contribution in [0.5, 0.6) is 0 Å². The Morgan fingerprint density at radius 3 is 2.47 bits per heavy atom. The summed E-state index contributed by atoms with van der Waals surface area (Å²) < 4.78 is 0. The molecule has 1 rings (SSSR count). The lowest BCUT2D eigenvalue weighted by Crippen LogP contribution is -2.44. The van der Waals surface area contributed by atoms with Gasteiger partial charge >= 0.3 is 6.03 Å². The van der Waals surface area contributed by atoms with Crippen molar-refractivity contribution in [3.8, 4) is 0 Å². The molecular formula is C13H26N2O2. The average Bonchev–Trinajstić information content (AvgIpc) is 2.29. The zero-order valence-electron chi connectivity index (χ0n) is 11.0. The second-order valence-corrected chi connectivity index (χ2v) is 5.48. The van der Waals surface area contributed by atoms with Crippen LogP contribution in [0.3, 0.4) is 0 Å². The van der Waals surface area contributed by atoms with Crippen LogP contribution < -0.4 is 10.6 Å². The van der Waals surface area contributed by atoms with Gasteiger partial charge in [0.15, 0.2) is 0 Å². The number of carbonyl (C=O) groups is 1. The number of hydrogen-bond acceptors (Lipinski definition) is 2. The predicted octanol–water partition coefficient (Wildman–Crippen LogP) is 1.88. The monoisotopic (exact) mass is 242 g/mol. The highest BCUT2D eigenvalue weighted by atomic mass is 16.3. The molecule has 4 nitrogen and oxygen atoms in total. The third kappa shape index (κ3) is 5.91. The van der Waals surface area contributed by atoms with Crippen LogP contribution in [0.1, 0.15) is 46.0 Å². The third-order valence-corrected chi connectivity index (χ3v) is 3.45. The Hall–Kier alpha value is -0.770. The Morgan fingerprint density at radius 1 is 1.29 bits per heavy atom. The molecule has 0 aromatic carbocycles. The number of hydrogen-bond donors (Lipinski definition) is 3. The fraction of sp³-hybridized carbons (Fsp3) is 0.923. The van der Waals surface area contributed by atoms with Gasteiger partial charge in [-0.25, -0.2) is 4.79 Å². The number of nitrogens with one attached hydrogen (secondary N) is 2. The van der Waals surface area contributed by atoms with E-state index >= 15 is 0 Å². The first-order chi connectivity index (χ1) is 8.11. The summed E-state index contributed by atoms with van der Waals surface area (Å²) in [5.74, 6) is 1.06. The van der Waals surface area contributed by atoms with Crippen LogP contribution in [-0.2, 0) is 0 Å². The Balaban J connectivity index is 2.10. The topological polar surface area (TPSA) is 61.4 Å². The lowest BCUT2D eigenvalue weighted by molar-refractivity contribution is 0.174. The van der Waals surface area contributed by atoms with Gasteiger partial charge in [0.1, 0.15) is 0 Å². The van der Waals surface area contributed by atoms with Gasteiger partial charge in [0.2, 0.25) is 0 Å². The summed E-state index contributed by atoms with van der Waals surface area (Å²) in [6, 6.07) is 0.245. The van der Waals surface area contributed by atoms with Crippen LogP contribution in [0.15, 0.2) is 0 Å². The van der Waals surface area contributed by atoms with Gasteiger partial charge in [0.05, 0.1) is 0 Å². The predicted molar refractivity (Wildman–Crippen MR) is 68.8 cm³/mol. The number of aliphatic hydroxyl groups excluding tert-OH is 1. The Kier molecular flexibility index (Phi) is 6.34. The minimum absolute atomic E-state index is 0.0434. The van der Waals surface area contributed by atoms with Crippen LogP contribution in [0.4, 0.5) is 4.79 Å². The highest BCUT2D eigenvalue weighted by Crippen LogP contribution is 2.23. The smallest absolute Gasteiger partial charge is 0.315 e. The summed E-state index contributed by atoms with van der Waals surface area (Å²) in [7, 11) is 0. The van der Waals surface area contributed by atoms with E-state index in [0.29, 0.717) is 11.8 Å². The van der Waals surface area contributed by atoms with Crippen molar-refractivity contribution < 1.29 is 9.90 Å². The summed E-state index contributed by atoms with van der Waals surface area (Å²) in [6.07, 6.45) is 5.04. The normalized spacial score (nSPS) is 24.7. The van der Waals surface area contributed by atoms with E-state index in [-0.39, 0.29) is 18.7 Å². The van der Waals surface area contributed by atoms with Crippen LogP contribution in [0.25, 0.3) is 0 Å². The molecule has 1 aliphatic carbocycles. The SMILES string of the molecule is CC(C)CCNC(=O)NC1CCC(CO)CC1. The molecule has 17 heavy (non-hydrogen) atoms. The van der Waals surface area contributed by atoms with E-state index in [9.17, 15) is 4.79 Å². The van der Waals surface area contributed by atoms with Crippen molar-refractivity contribution in [3.05, 3.63) is 0 Å². The van der Waals surface area contributed by atoms with Crippen molar-refractivity contribution in [2.24, 2.45) is 11.8 Å². The van der Waals surface area contributed by atoms with Gasteiger partial charge in [0.25, 0.3) is 0 Å². The van der Waals surface area contributed by atoms with Crippen LogP contribution >= 0.6 is 0 Å². The Bertz CT molecular complexity index is 223. The fourth-order valence-corrected chi connectivity index (χ4v) is 2.20. The van der Waals surface area contributed by atoms with E-state index in [2.05, 4.69) is 24.5 Å². The molecule has 1 aliphatic rings. The number of rotatable bonds is 5. The van der Waals surface area contributed by atoms with Crippen molar-refractivity contribution in [1.82, 2.24) is 10.6 Å². The molecule has 0 saturated heterocycles. The van der Waals surface area contributed by atoms with E-state index in [1.165, 1.54) is 0 Å². The molecule has 1 fully saturated rings. The molecule has 1 saturated carbocycles. The zero-order valence-corrected chi connectivity index (χ0v) is 11.0. The molecule has 0 bridgehead atoms.